The third-order valence-electron chi connectivity index (χ3n) is 2.00. The predicted octanol–water partition coefficient (Wildman–Crippen LogP) is 1.59. The molecule has 1 aromatic carbocycles. The van der Waals surface area contributed by atoms with Crippen LogP contribution in [0.3, 0.4) is 0 Å². The molecule has 1 aliphatic rings. The second kappa shape index (κ2) is 3.08. The standard InChI is InChI=1S/C9H6F2O4/c10-9(11,8(12)13)5-1-2-6-7(3-5)15-4-14-6/h1-3H,4H2,(H,12,13). The summed E-state index contributed by atoms with van der Waals surface area (Å²) in [5.41, 5.74) is -0.626. The van der Waals surface area contributed by atoms with Crippen molar-refractivity contribution in [1.82, 2.24) is 0 Å². The molecule has 0 atom stereocenters. The van der Waals surface area contributed by atoms with Crippen LogP contribution in [0.1, 0.15) is 5.56 Å². The molecule has 0 radical (unpaired) electrons. The van der Waals surface area contributed by atoms with E-state index in [1.807, 2.05) is 0 Å². The fourth-order valence-corrected chi connectivity index (χ4v) is 1.22. The second-order valence-electron chi connectivity index (χ2n) is 2.95. The smallest absolute Gasteiger partial charge is 0.379 e. The van der Waals surface area contributed by atoms with E-state index in [2.05, 4.69) is 0 Å². The normalized spacial score (nSPS) is 14.0. The van der Waals surface area contributed by atoms with Gasteiger partial charge < -0.3 is 14.6 Å². The van der Waals surface area contributed by atoms with Gasteiger partial charge in [0.1, 0.15) is 0 Å². The lowest BCUT2D eigenvalue weighted by Gasteiger charge is -2.11. The summed E-state index contributed by atoms with van der Waals surface area (Å²) in [6.45, 7) is -0.0442. The summed E-state index contributed by atoms with van der Waals surface area (Å²) in [6.07, 6.45) is 0. The highest BCUT2D eigenvalue weighted by Gasteiger charge is 2.41. The molecule has 0 saturated carbocycles. The SMILES string of the molecule is O=C(O)C(F)(F)c1ccc2c(c1)OCO2. The first kappa shape index (κ1) is 9.70. The van der Waals surface area contributed by atoms with Gasteiger partial charge in [-0.3, -0.25) is 0 Å². The quantitative estimate of drug-likeness (QED) is 0.815. The van der Waals surface area contributed by atoms with Gasteiger partial charge in [-0.05, 0) is 18.2 Å². The van der Waals surface area contributed by atoms with Crippen LogP contribution in [0.2, 0.25) is 0 Å². The van der Waals surface area contributed by atoms with Crippen LogP contribution in [-0.4, -0.2) is 17.9 Å². The molecule has 0 aliphatic carbocycles. The van der Waals surface area contributed by atoms with E-state index in [0.717, 1.165) is 12.1 Å². The first-order valence-corrected chi connectivity index (χ1v) is 4.03. The summed E-state index contributed by atoms with van der Waals surface area (Å²) in [6, 6.07) is 3.23. The van der Waals surface area contributed by atoms with Crippen molar-refractivity contribution in [1.29, 1.82) is 0 Å². The molecule has 6 heteroatoms. The highest BCUT2D eigenvalue weighted by atomic mass is 19.3. The van der Waals surface area contributed by atoms with Crippen molar-refractivity contribution in [3.63, 3.8) is 0 Å². The van der Waals surface area contributed by atoms with Gasteiger partial charge in [0, 0.05) is 5.56 Å². The number of fused-ring (bicyclic) bond motifs is 1. The first-order valence-electron chi connectivity index (χ1n) is 4.03. The van der Waals surface area contributed by atoms with E-state index in [4.69, 9.17) is 14.6 Å². The maximum atomic E-state index is 13.1. The summed E-state index contributed by atoms with van der Waals surface area (Å²) in [5.74, 6) is -5.64. The monoisotopic (exact) mass is 216 g/mol. The van der Waals surface area contributed by atoms with Gasteiger partial charge in [0.2, 0.25) is 6.79 Å². The van der Waals surface area contributed by atoms with Crippen LogP contribution in [-0.2, 0) is 10.7 Å². The minimum atomic E-state index is -3.92. The molecule has 15 heavy (non-hydrogen) atoms. The summed E-state index contributed by atoms with van der Waals surface area (Å²) < 4.78 is 35.9. The van der Waals surface area contributed by atoms with Gasteiger partial charge in [-0.2, -0.15) is 8.78 Å². The first-order chi connectivity index (χ1) is 7.01. The van der Waals surface area contributed by atoms with Gasteiger partial charge in [0.25, 0.3) is 0 Å². The number of aliphatic carboxylic acids is 1. The van der Waals surface area contributed by atoms with E-state index in [9.17, 15) is 13.6 Å². The Kier molecular flexibility index (Phi) is 1.99. The molecule has 1 N–H and O–H groups in total. The van der Waals surface area contributed by atoms with E-state index < -0.39 is 17.5 Å². The number of carbonyl (C=O) groups is 1. The topological polar surface area (TPSA) is 55.8 Å². The molecule has 0 bridgehead atoms. The molecule has 0 saturated heterocycles. The molecular weight excluding hydrogens is 210 g/mol. The van der Waals surface area contributed by atoms with Crippen LogP contribution in [0.15, 0.2) is 18.2 Å². The maximum Gasteiger partial charge on any atom is 0.379 e. The number of carboxylic acid groups (broad SMARTS) is 1. The van der Waals surface area contributed by atoms with Gasteiger partial charge in [-0.25, -0.2) is 4.79 Å². The summed E-state index contributed by atoms with van der Waals surface area (Å²) in [4.78, 5) is 10.3. The van der Waals surface area contributed by atoms with Crippen LogP contribution in [0.4, 0.5) is 8.78 Å². The lowest BCUT2D eigenvalue weighted by molar-refractivity contribution is -0.166. The second-order valence-corrected chi connectivity index (χ2v) is 2.95. The zero-order chi connectivity index (χ0) is 11.1. The lowest BCUT2D eigenvalue weighted by atomic mass is 10.1. The average Bonchev–Trinajstić information content (AvgIpc) is 2.63. The number of ether oxygens (including phenoxy) is 2. The molecule has 0 fully saturated rings. The van der Waals surface area contributed by atoms with Crippen molar-refractivity contribution < 1.29 is 28.2 Å². The number of carboxylic acids is 1. The molecule has 4 nitrogen and oxygen atoms in total. The Morgan fingerprint density at radius 2 is 2.00 bits per heavy atom. The maximum absolute atomic E-state index is 13.1. The number of halogens is 2. The van der Waals surface area contributed by atoms with E-state index in [0.29, 0.717) is 5.75 Å². The van der Waals surface area contributed by atoms with E-state index in [-0.39, 0.29) is 12.5 Å². The average molecular weight is 216 g/mol. The van der Waals surface area contributed by atoms with Gasteiger partial charge in [0.15, 0.2) is 11.5 Å². The molecule has 1 aromatic rings. The molecule has 2 rings (SSSR count). The van der Waals surface area contributed by atoms with Gasteiger partial charge in [-0.15, -0.1) is 0 Å². The van der Waals surface area contributed by atoms with Crippen molar-refractivity contribution in [3.8, 4) is 11.5 Å². The third kappa shape index (κ3) is 1.47. The molecule has 0 unspecified atom stereocenters. The highest BCUT2D eigenvalue weighted by Crippen LogP contribution is 2.37. The Morgan fingerprint density at radius 1 is 1.33 bits per heavy atom. The highest BCUT2D eigenvalue weighted by molar-refractivity contribution is 5.77. The van der Waals surface area contributed by atoms with Gasteiger partial charge in [0.05, 0.1) is 0 Å². The molecule has 1 heterocycles. The van der Waals surface area contributed by atoms with Crippen LogP contribution in [0.25, 0.3) is 0 Å². The zero-order valence-corrected chi connectivity index (χ0v) is 7.37. The number of rotatable bonds is 2. The molecule has 0 aromatic heterocycles. The molecule has 80 valence electrons. The van der Waals surface area contributed by atoms with Crippen molar-refractivity contribution >= 4 is 5.97 Å². The van der Waals surface area contributed by atoms with Crippen LogP contribution < -0.4 is 9.47 Å². The van der Waals surface area contributed by atoms with Crippen LogP contribution in [0.5, 0.6) is 11.5 Å². The van der Waals surface area contributed by atoms with Crippen LogP contribution >= 0.6 is 0 Å². The minimum absolute atomic E-state index is 0.0442. The third-order valence-corrected chi connectivity index (χ3v) is 2.00. The van der Waals surface area contributed by atoms with Gasteiger partial charge in [-0.1, -0.05) is 0 Å². The summed E-state index contributed by atoms with van der Waals surface area (Å²) >= 11 is 0. The van der Waals surface area contributed by atoms with Gasteiger partial charge >= 0.3 is 11.9 Å². The summed E-state index contributed by atoms with van der Waals surface area (Å²) in [5, 5.41) is 8.32. The molecule has 0 spiro atoms. The van der Waals surface area contributed by atoms with Crippen LogP contribution in [0, 0.1) is 0 Å². The number of hydrogen-bond acceptors (Lipinski definition) is 3. The number of benzene rings is 1. The fraction of sp³-hybridized carbons (Fsp3) is 0.222. The van der Waals surface area contributed by atoms with Crippen molar-refractivity contribution in [2.75, 3.05) is 6.79 Å². The Balaban J connectivity index is 2.42. The number of hydrogen-bond donors (Lipinski definition) is 1. The van der Waals surface area contributed by atoms with Crippen molar-refractivity contribution in [2.24, 2.45) is 0 Å². The van der Waals surface area contributed by atoms with Crippen molar-refractivity contribution in [3.05, 3.63) is 23.8 Å². The number of alkyl halides is 2. The van der Waals surface area contributed by atoms with Crippen molar-refractivity contribution in [2.45, 2.75) is 5.92 Å². The Labute approximate surface area is 83.0 Å². The molecule has 1 aliphatic heterocycles. The largest absolute Gasteiger partial charge is 0.477 e. The molecular formula is C9H6F2O4. The van der Waals surface area contributed by atoms with E-state index in [1.54, 1.807) is 0 Å². The lowest BCUT2D eigenvalue weighted by Crippen LogP contribution is -2.25. The minimum Gasteiger partial charge on any atom is -0.477 e. The van der Waals surface area contributed by atoms with E-state index in [1.165, 1.54) is 6.07 Å². The van der Waals surface area contributed by atoms with E-state index >= 15 is 0 Å². The predicted molar refractivity (Wildman–Crippen MR) is 44.1 cm³/mol. The Morgan fingerprint density at radius 3 is 2.67 bits per heavy atom. The molecule has 0 amide bonds. The summed E-state index contributed by atoms with van der Waals surface area (Å²) in [7, 11) is 0. The Bertz CT molecular complexity index is 417. The zero-order valence-electron chi connectivity index (χ0n) is 7.37. The fourth-order valence-electron chi connectivity index (χ4n) is 1.22. The Hall–Kier alpha value is -1.85.